The van der Waals surface area contributed by atoms with E-state index in [0.29, 0.717) is 34.3 Å². The molecule has 8 nitrogen and oxygen atoms in total. The van der Waals surface area contributed by atoms with Crippen molar-refractivity contribution in [3.05, 3.63) is 41.0 Å². The lowest BCUT2D eigenvalue weighted by Crippen LogP contribution is -2.41. The third-order valence-corrected chi connectivity index (χ3v) is 6.81. The Balaban J connectivity index is 1.79. The zero-order chi connectivity index (χ0) is 21.9. The molecule has 2 aliphatic heterocycles. The maximum Gasteiger partial charge on any atom is 0.305 e. The summed E-state index contributed by atoms with van der Waals surface area (Å²) in [7, 11) is 6.48. The Morgan fingerprint density at radius 3 is 2.16 bits per heavy atom. The summed E-state index contributed by atoms with van der Waals surface area (Å²) in [5.41, 5.74) is 2.26. The third-order valence-electron chi connectivity index (χ3n) is 6.81. The van der Waals surface area contributed by atoms with Crippen molar-refractivity contribution in [1.29, 1.82) is 0 Å². The molecule has 9 heteroatoms. The van der Waals surface area contributed by atoms with Gasteiger partial charge in [-0.05, 0) is 41.0 Å². The van der Waals surface area contributed by atoms with Gasteiger partial charge < -0.3 is 33.5 Å². The molecule has 5 rings (SSSR count). The van der Waals surface area contributed by atoms with Crippen molar-refractivity contribution in [2.24, 2.45) is 5.92 Å². The van der Waals surface area contributed by atoms with E-state index in [0.717, 1.165) is 11.1 Å². The number of carbonyl (C=O) groups excluding carboxylic acids is 1. The zero-order valence-electron chi connectivity index (χ0n) is 17.8. The van der Waals surface area contributed by atoms with Crippen molar-refractivity contribution in [3.63, 3.8) is 0 Å². The van der Waals surface area contributed by atoms with Crippen molar-refractivity contribution >= 4 is 13.8 Å². The molecule has 3 aliphatic rings. The summed E-state index contributed by atoms with van der Waals surface area (Å²) >= 11 is 0. The number of rotatable bonds is 4. The Hall–Kier alpha value is -3.07. The van der Waals surface area contributed by atoms with Crippen LogP contribution in [-0.4, -0.2) is 53.7 Å². The first-order valence-electron chi connectivity index (χ1n) is 10.0. The smallest absolute Gasteiger partial charge is 0.305 e. The van der Waals surface area contributed by atoms with Crippen molar-refractivity contribution in [2.45, 2.75) is 17.3 Å². The first-order valence-corrected chi connectivity index (χ1v) is 10.0. The number of aliphatic hydroxyl groups excluding tert-OH is 1. The molecule has 0 bridgehead atoms. The van der Waals surface area contributed by atoms with Gasteiger partial charge in [0, 0.05) is 11.8 Å². The van der Waals surface area contributed by atoms with E-state index < -0.39 is 23.3 Å². The van der Waals surface area contributed by atoms with Gasteiger partial charge in [-0.3, -0.25) is 4.79 Å². The molecular formula is C22H23BO8. The van der Waals surface area contributed by atoms with Gasteiger partial charge in [0.1, 0.15) is 7.85 Å². The molecule has 1 fully saturated rings. The maximum atomic E-state index is 13.1. The molecule has 0 amide bonds. The lowest BCUT2D eigenvalue weighted by atomic mass is 9.47. The van der Waals surface area contributed by atoms with E-state index in [1.54, 1.807) is 27.4 Å². The molecule has 2 heterocycles. The highest BCUT2D eigenvalue weighted by Crippen LogP contribution is 2.64. The lowest BCUT2D eigenvalue weighted by Gasteiger charge is -2.44. The normalized spacial score (nSPS) is 27.9. The Morgan fingerprint density at radius 1 is 0.968 bits per heavy atom. The van der Waals surface area contributed by atoms with E-state index >= 15 is 0 Å². The van der Waals surface area contributed by atoms with Crippen molar-refractivity contribution < 1.29 is 38.3 Å². The van der Waals surface area contributed by atoms with Crippen LogP contribution in [0.2, 0.25) is 5.31 Å². The van der Waals surface area contributed by atoms with Gasteiger partial charge in [0.25, 0.3) is 0 Å². The van der Waals surface area contributed by atoms with Gasteiger partial charge in [0.05, 0.1) is 39.4 Å². The van der Waals surface area contributed by atoms with Crippen LogP contribution in [-0.2, 0) is 9.53 Å². The van der Waals surface area contributed by atoms with Crippen molar-refractivity contribution in [3.8, 4) is 28.7 Å². The van der Waals surface area contributed by atoms with Gasteiger partial charge in [0.2, 0.25) is 12.5 Å². The number of aliphatic hydroxyl groups is 1. The van der Waals surface area contributed by atoms with Crippen LogP contribution in [0.5, 0.6) is 28.7 Å². The predicted molar refractivity (Wildman–Crippen MR) is 111 cm³/mol. The zero-order valence-corrected chi connectivity index (χ0v) is 17.8. The first kappa shape index (κ1) is 19.9. The highest BCUT2D eigenvalue weighted by Gasteiger charge is 2.60. The number of ether oxygens (including phenoxy) is 6. The van der Waals surface area contributed by atoms with Crippen LogP contribution in [0.1, 0.15) is 28.7 Å². The van der Waals surface area contributed by atoms with Crippen LogP contribution in [0.3, 0.4) is 0 Å². The topological polar surface area (TPSA) is 92.7 Å². The molecule has 2 aromatic carbocycles. The standard InChI is InChI=1S/C22H23BO8/c1-26-16-4-10(5-17(27-2)20(16)28-3)18-11-6-14-15(31-9-30-14)7-12(11)19(24)13-8-29-21(25)22(13,18)23/h4-7,13,18-19,24H,8-9,23H2,1-3H3/t13-,18-,19+,22-/m1/s1. The maximum absolute atomic E-state index is 13.1. The van der Waals surface area contributed by atoms with Crippen LogP contribution < -0.4 is 23.7 Å². The van der Waals surface area contributed by atoms with E-state index in [1.807, 2.05) is 26.0 Å². The molecule has 31 heavy (non-hydrogen) atoms. The van der Waals surface area contributed by atoms with Crippen LogP contribution >= 0.6 is 0 Å². The van der Waals surface area contributed by atoms with Crippen LogP contribution in [0.25, 0.3) is 0 Å². The molecule has 0 unspecified atom stereocenters. The summed E-state index contributed by atoms with van der Waals surface area (Å²) in [4.78, 5) is 13.1. The molecule has 1 aliphatic carbocycles. The van der Waals surface area contributed by atoms with E-state index in [2.05, 4.69) is 0 Å². The minimum Gasteiger partial charge on any atom is -0.493 e. The summed E-state index contributed by atoms with van der Waals surface area (Å²) in [5.74, 6) is 1.39. The van der Waals surface area contributed by atoms with E-state index in [4.69, 9.17) is 28.4 Å². The predicted octanol–water partition coefficient (Wildman–Crippen LogP) is 1.58. The Labute approximate surface area is 180 Å². The molecule has 1 N–H and O–H groups in total. The van der Waals surface area contributed by atoms with Gasteiger partial charge in [-0.1, -0.05) is 0 Å². The number of benzene rings is 2. The Kier molecular flexibility index (Phi) is 4.48. The molecular weight excluding hydrogens is 403 g/mol. The number of esters is 1. The van der Waals surface area contributed by atoms with Crippen LogP contribution in [0, 0.1) is 5.92 Å². The van der Waals surface area contributed by atoms with Crippen LogP contribution in [0.4, 0.5) is 0 Å². The average molecular weight is 426 g/mol. The highest BCUT2D eigenvalue weighted by atomic mass is 16.7. The first-order chi connectivity index (χ1) is 14.9. The number of cyclic esters (lactones) is 1. The lowest BCUT2D eigenvalue weighted by molar-refractivity contribution is -0.141. The minimum absolute atomic E-state index is 0.117. The van der Waals surface area contributed by atoms with Gasteiger partial charge in [-0.15, -0.1) is 0 Å². The fourth-order valence-electron chi connectivity index (χ4n) is 5.21. The number of hydrogen-bond donors (Lipinski definition) is 1. The van der Waals surface area contributed by atoms with Crippen molar-refractivity contribution in [2.75, 3.05) is 34.7 Å². The monoisotopic (exact) mass is 426 g/mol. The summed E-state index contributed by atoms with van der Waals surface area (Å²) in [6.45, 7) is 0.261. The molecule has 1 saturated heterocycles. The quantitative estimate of drug-likeness (QED) is 0.582. The molecule has 0 aromatic heterocycles. The summed E-state index contributed by atoms with van der Waals surface area (Å²) < 4.78 is 33.1. The second-order valence-electron chi connectivity index (χ2n) is 8.16. The molecule has 2 aromatic rings. The number of fused-ring (bicyclic) bond motifs is 3. The Bertz CT molecular complexity index is 1040. The summed E-state index contributed by atoms with van der Waals surface area (Å²) in [6.07, 6.45) is -0.876. The average Bonchev–Trinajstić information content (AvgIpc) is 3.36. The molecule has 0 saturated carbocycles. The third kappa shape index (κ3) is 2.62. The Morgan fingerprint density at radius 2 is 1.58 bits per heavy atom. The second-order valence-corrected chi connectivity index (χ2v) is 8.16. The highest BCUT2D eigenvalue weighted by molar-refractivity contribution is 6.29. The second kappa shape index (κ2) is 6.98. The minimum atomic E-state index is -0.995. The number of carbonyl (C=O) groups is 1. The number of hydrogen-bond acceptors (Lipinski definition) is 8. The number of methoxy groups -OCH3 is 3. The SMILES string of the molecule is B[C@]12C(=O)OC[C@@H]1[C@@H](O)c1cc3c(cc1[C@H]2c1cc(OC)c(OC)c(OC)c1)OCO3. The fourth-order valence-corrected chi connectivity index (χ4v) is 5.21. The molecule has 0 radical (unpaired) electrons. The fraction of sp³-hybridized carbons (Fsp3) is 0.409. The molecule has 0 spiro atoms. The largest absolute Gasteiger partial charge is 0.493 e. The van der Waals surface area contributed by atoms with Gasteiger partial charge in [-0.2, -0.15) is 0 Å². The van der Waals surface area contributed by atoms with Gasteiger partial charge in [0.15, 0.2) is 23.0 Å². The molecule has 4 atom stereocenters. The van der Waals surface area contributed by atoms with Crippen molar-refractivity contribution in [1.82, 2.24) is 0 Å². The summed E-state index contributed by atoms with van der Waals surface area (Å²) in [6, 6.07) is 7.33. The van der Waals surface area contributed by atoms with Gasteiger partial charge in [-0.25, -0.2) is 0 Å². The summed E-state index contributed by atoms with van der Waals surface area (Å²) in [5, 5.41) is 10.2. The van der Waals surface area contributed by atoms with E-state index in [1.165, 1.54) is 0 Å². The van der Waals surface area contributed by atoms with Gasteiger partial charge >= 0.3 is 5.97 Å². The van der Waals surface area contributed by atoms with E-state index in [9.17, 15) is 9.90 Å². The molecule has 162 valence electrons. The van der Waals surface area contributed by atoms with Crippen LogP contribution in [0.15, 0.2) is 24.3 Å². The van der Waals surface area contributed by atoms with E-state index in [-0.39, 0.29) is 19.4 Å².